The van der Waals surface area contributed by atoms with Gasteiger partial charge in [0.25, 0.3) is 0 Å². The minimum atomic E-state index is -0.278. The molecule has 0 fully saturated rings. The minimum absolute atomic E-state index is 0.229. The molecule has 0 atom stereocenters. The van der Waals surface area contributed by atoms with Crippen LogP contribution in [0.15, 0.2) is 18.2 Å². The molecule has 0 aromatic heterocycles. The second kappa shape index (κ2) is 6.74. The van der Waals surface area contributed by atoms with Gasteiger partial charge in [-0.1, -0.05) is 26.8 Å². The standard InChI is InChI=1S/C15H24FNO/c1-5-17-11-15(2,3)9-8-12-6-7-14(18-4)13(16)10-12/h6-7,10,17H,5,8-9,11H2,1-4H3. The molecule has 102 valence electrons. The van der Waals surface area contributed by atoms with Gasteiger partial charge in [0.2, 0.25) is 0 Å². The van der Waals surface area contributed by atoms with Gasteiger partial charge in [-0.25, -0.2) is 4.39 Å². The molecule has 0 unspecified atom stereocenters. The molecule has 18 heavy (non-hydrogen) atoms. The highest BCUT2D eigenvalue weighted by Gasteiger charge is 2.17. The van der Waals surface area contributed by atoms with Gasteiger partial charge in [0.05, 0.1) is 7.11 Å². The maximum Gasteiger partial charge on any atom is 0.165 e. The van der Waals surface area contributed by atoms with Crippen molar-refractivity contribution in [3.63, 3.8) is 0 Å². The molecule has 0 saturated heterocycles. The first-order chi connectivity index (χ1) is 8.48. The molecule has 0 saturated carbocycles. The predicted molar refractivity (Wildman–Crippen MR) is 73.6 cm³/mol. The molecule has 0 aliphatic carbocycles. The third kappa shape index (κ3) is 4.65. The first-order valence-corrected chi connectivity index (χ1v) is 6.51. The first kappa shape index (κ1) is 15.0. The van der Waals surface area contributed by atoms with Crippen LogP contribution in [0.5, 0.6) is 5.75 Å². The Labute approximate surface area is 110 Å². The smallest absolute Gasteiger partial charge is 0.165 e. The molecule has 0 spiro atoms. The summed E-state index contributed by atoms with van der Waals surface area (Å²) in [7, 11) is 1.48. The van der Waals surface area contributed by atoms with Crippen molar-refractivity contribution in [2.75, 3.05) is 20.2 Å². The highest BCUT2D eigenvalue weighted by Crippen LogP contribution is 2.24. The van der Waals surface area contributed by atoms with E-state index >= 15 is 0 Å². The summed E-state index contributed by atoms with van der Waals surface area (Å²) in [5.41, 5.74) is 1.25. The molecule has 1 rings (SSSR count). The third-order valence-electron chi connectivity index (χ3n) is 3.16. The topological polar surface area (TPSA) is 21.3 Å². The maximum absolute atomic E-state index is 13.5. The summed E-state index contributed by atoms with van der Waals surface area (Å²) in [6.07, 6.45) is 1.92. The van der Waals surface area contributed by atoms with Crippen LogP contribution < -0.4 is 10.1 Å². The van der Waals surface area contributed by atoms with Crippen molar-refractivity contribution in [2.24, 2.45) is 5.41 Å². The van der Waals surface area contributed by atoms with Crippen LogP contribution in [0, 0.1) is 11.2 Å². The predicted octanol–water partition coefficient (Wildman–Crippen LogP) is 3.40. The van der Waals surface area contributed by atoms with Crippen molar-refractivity contribution in [2.45, 2.75) is 33.6 Å². The largest absolute Gasteiger partial charge is 0.494 e. The average molecular weight is 253 g/mol. The fourth-order valence-corrected chi connectivity index (χ4v) is 1.90. The van der Waals surface area contributed by atoms with Gasteiger partial charge in [-0.05, 0) is 42.5 Å². The Morgan fingerprint density at radius 2 is 2.06 bits per heavy atom. The zero-order chi connectivity index (χ0) is 13.6. The molecule has 0 aliphatic heterocycles. The second-order valence-corrected chi connectivity index (χ2v) is 5.41. The third-order valence-corrected chi connectivity index (χ3v) is 3.16. The lowest BCUT2D eigenvalue weighted by Gasteiger charge is -2.24. The van der Waals surface area contributed by atoms with E-state index in [1.165, 1.54) is 7.11 Å². The van der Waals surface area contributed by atoms with Crippen LogP contribution in [0.2, 0.25) is 0 Å². The molecule has 2 nitrogen and oxygen atoms in total. The van der Waals surface area contributed by atoms with Crippen LogP contribution in [-0.2, 0) is 6.42 Å². The van der Waals surface area contributed by atoms with E-state index in [1.807, 2.05) is 6.07 Å². The molecule has 0 amide bonds. The van der Waals surface area contributed by atoms with Gasteiger partial charge in [0.15, 0.2) is 11.6 Å². The second-order valence-electron chi connectivity index (χ2n) is 5.41. The Balaban J connectivity index is 2.55. The van der Waals surface area contributed by atoms with Crippen molar-refractivity contribution in [1.29, 1.82) is 0 Å². The summed E-state index contributed by atoms with van der Waals surface area (Å²) >= 11 is 0. The van der Waals surface area contributed by atoms with Gasteiger partial charge in [-0.2, -0.15) is 0 Å². The molecule has 0 aliphatic rings. The fraction of sp³-hybridized carbons (Fsp3) is 0.600. The van der Waals surface area contributed by atoms with Crippen LogP contribution in [0.3, 0.4) is 0 Å². The van der Waals surface area contributed by atoms with E-state index in [2.05, 4.69) is 26.1 Å². The van der Waals surface area contributed by atoms with E-state index < -0.39 is 0 Å². The molecule has 1 N–H and O–H groups in total. The minimum Gasteiger partial charge on any atom is -0.494 e. The van der Waals surface area contributed by atoms with Crippen LogP contribution in [-0.4, -0.2) is 20.2 Å². The van der Waals surface area contributed by atoms with Crippen molar-refractivity contribution in [3.8, 4) is 5.75 Å². The first-order valence-electron chi connectivity index (χ1n) is 6.51. The Kier molecular flexibility index (Phi) is 5.60. The van der Waals surface area contributed by atoms with Crippen LogP contribution in [0.1, 0.15) is 32.8 Å². The number of hydrogen-bond donors (Lipinski definition) is 1. The summed E-state index contributed by atoms with van der Waals surface area (Å²) in [5.74, 6) is 0.0325. The van der Waals surface area contributed by atoms with Crippen LogP contribution in [0.25, 0.3) is 0 Å². The van der Waals surface area contributed by atoms with E-state index in [9.17, 15) is 4.39 Å². The molecule has 3 heteroatoms. The molecule has 1 aromatic carbocycles. The number of methoxy groups -OCH3 is 1. The van der Waals surface area contributed by atoms with Crippen molar-refractivity contribution >= 4 is 0 Å². The van der Waals surface area contributed by atoms with Gasteiger partial charge in [0, 0.05) is 6.54 Å². The summed E-state index contributed by atoms with van der Waals surface area (Å²) in [4.78, 5) is 0. The molecule has 0 radical (unpaired) electrons. The van der Waals surface area contributed by atoms with Gasteiger partial charge < -0.3 is 10.1 Å². The Bertz CT molecular complexity index is 377. The highest BCUT2D eigenvalue weighted by molar-refractivity contribution is 5.29. The van der Waals surface area contributed by atoms with Crippen molar-refractivity contribution in [1.82, 2.24) is 5.32 Å². The van der Waals surface area contributed by atoms with Gasteiger partial charge in [-0.15, -0.1) is 0 Å². The van der Waals surface area contributed by atoms with Crippen LogP contribution in [0.4, 0.5) is 4.39 Å². The number of halogens is 1. The lowest BCUT2D eigenvalue weighted by molar-refractivity contribution is 0.317. The molecule has 0 bridgehead atoms. The van der Waals surface area contributed by atoms with E-state index in [4.69, 9.17) is 4.74 Å². The van der Waals surface area contributed by atoms with Crippen LogP contribution >= 0.6 is 0 Å². The average Bonchev–Trinajstić information content (AvgIpc) is 2.34. The maximum atomic E-state index is 13.5. The number of ether oxygens (including phenoxy) is 1. The van der Waals surface area contributed by atoms with E-state index in [0.29, 0.717) is 5.75 Å². The summed E-state index contributed by atoms with van der Waals surface area (Å²) < 4.78 is 18.4. The highest BCUT2D eigenvalue weighted by atomic mass is 19.1. The molecule has 1 aromatic rings. The van der Waals surface area contributed by atoms with E-state index in [-0.39, 0.29) is 11.2 Å². The number of rotatable bonds is 7. The number of hydrogen-bond acceptors (Lipinski definition) is 2. The lowest BCUT2D eigenvalue weighted by Crippen LogP contribution is -2.29. The van der Waals surface area contributed by atoms with E-state index in [0.717, 1.165) is 31.5 Å². The number of aryl methyl sites for hydroxylation is 1. The number of nitrogens with one attached hydrogen (secondary N) is 1. The van der Waals surface area contributed by atoms with E-state index in [1.54, 1.807) is 12.1 Å². The van der Waals surface area contributed by atoms with Crippen molar-refractivity contribution in [3.05, 3.63) is 29.6 Å². The summed E-state index contributed by atoms with van der Waals surface area (Å²) in [6, 6.07) is 5.20. The molecular formula is C15H24FNO. The molecule has 0 heterocycles. The zero-order valence-electron chi connectivity index (χ0n) is 11.8. The summed E-state index contributed by atoms with van der Waals surface area (Å²) in [5, 5.41) is 3.36. The lowest BCUT2D eigenvalue weighted by atomic mass is 9.86. The Hall–Kier alpha value is -1.09. The SMILES string of the molecule is CCNCC(C)(C)CCc1ccc(OC)c(F)c1. The van der Waals surface area contributed by atoms with Gasteiger partial charge in [0.1, 0.15) is 0 Å². The monoisotopic (exact) mass is 253 g/mol. The summed E-state index contributed by atoms with van der Waals surface area (Å²) in [6.45, 7) is 8.54. The van der Waals surface area contributed by atoms with Gasteiger partial charge >= 0.3 is 0 Å². The normalized spacial score (nSPS) is 11.6. The van der Waals surface area contributed by atoms with Gasteiger partial charge in [-0.3, -0.25) is 0 Å². The molecular weight excluding hydrogens is 229 g/mol. The number of benzene rings is 1. The quantitative estimate of drug-likeness (QED) is 0.804. The zero-order valence-corrected chi connectivity index (χ0v) is 11.8. The Morgan fingerprint density at radius 3 is 2.61 bits per heavy atom. The Morgan fingerprint density at radius 1 is 1.33 bits per heavy atom. The fourth-order valence-electron chi connectivity index (χ4n) is 1.90. The van der Waals surface area contributed by atoms with Crippen molar-refractivity contribution < 1.29 is 9.13 Å².